The van der Waals surface area contributed by atoms with E-state index >= 15 is 0 Å². The van der Waals surface area contributed by atoms with Gasteiger partial charge in [-0.15, -0.1) is 0 Å². The number of benzene rings is 1. The van der Waals surface area contributed by atoms with Crippen LogP contribution in [0, 0.1) is 9.49 Å². The first-order valence-electron chi connectivity index (χ1n) is 5.90. The molecule has 1 aromatic rings. The molecular formula is C13H17ClIN. The average Bonchev–Trinajstić information content (AvgIpc) is 2.18. The zero-order valence-corrected chi connectivity index (χ0v) is 12.4. The number of nitrogens with one attached hydrogen (secondary N) is 1. The summed E-state index contributed by atoms with van der Waals surface area (Å²) in [6.07, 6.45) is 4.07. The van der Waals surface area contributed by atoms with Gasteiger partial charge in [-0.3, -0.25) is 0 Å². The van der Waals surface area contributed by atoms with Crippen LogP contribution in [0.1, 0.15) is 37.8 Å². The van der Waals surface area contributed by atoms with Crippen LogP contribution in [0.5, 0.6) is 0 Å². The maximum absolute atomic E-state index is 6.10. The molecule has 0 aliphatic heterocycles. The molecule has 0 bridgehead atoms. The van der Waals surface area contributed by atoms with Crippen molar-refractivity contribution in [2.24, 2.45) is 5.92 Å². The Bertz CT molecular complexity index is 363. The number of hydrogen-bond acceptors (Lipinski definition) is 1. The maximum atomic E-state index is 6.10. The molecule has 0 amide bonds. The summed E-state index contributed by atoms with van der Waals surface area (Å²) in [4.78, 5) is 0. The molecule has 1 atom stereocenters. The van der Waals surface area contributed by atoms with E-state index in [1.54, 1.807) is 0 Å². The van der Waals surface area contributed by atoms with Gasteiger partial charge in [0.1, 0.15) is 0 Å². The second-order valence-electron chi connectivity index (χ2n) is 4.39. The summed E-state index contributed by atoms with van der Waals surface area (Å²) < 4.78 is 1.32. The van der Waals surface area contributed by atoms with Gasteiger partial charge < -0.3 is 5.32 Å². The highest BCUT2D eigenvalue weighted by Gasteiger charge is 2.29. The van der Waals surface area contributed by atoms with E-state index in [1.807, 2.05) is 6.07 Å². The van der Waals surface area contributed by atoms with E-state index in [-0.39, 0.29) is 0 Å². The number of halogens is 2. The standard InChI is InChI=1S/C13H17ClIN/c1-2-16-13(9-4-3-5-9)11-8-10(14)6-7-12(11)15/h6-9,13,16H,2-5H2,1H3. The van der Waals surface area contributed by atoms with Crippen LogP contribution >= 0.6 is 34.2 Å². The molecule has 1 aliphatic carbocycles. The van der Waals surface area contributed by atoms with Crippen molar-refractivity contribution in [2.45, 2.75) is 32.2 Å². The van der Waals surface area contributed by atoms with Crippen LogP contribution in [-0.2, 0) is 0 Å². The van der Waals surface area contributed by atoms with Crippen molar-refractivity contribution in [1.29, 1.82) is 0 Å². The predicted molar refractivity (Wildman–Crippen MR) is 77.9 cm³/mol. The van der Waals surface area contributed by atoms with Crippen molar-refractivity contribution >= 4 is 34.2 Å². The van der Waals surface area contributed by atoms with Gasteiger partial charge in [0.2, 0.25) is 0 Å². The molecule has 16 heavy (non-hydrogen) atoms. The second kappa shape index (κ2) is 5.69. The Hall–Kier alpha value is 0.200. The van der Waals surface area contributed by atoms with E-state index in [0.717, 1.165) is 17.5 Å². The van der Waals surface area contributed by atoms with Gasteiger partial charge >= 0.3 is 0 Å². The summed E-state index contributed by atoms with van der Waals surface area (Å²) in [5, 5.41) is 4.45. The van der Waals surface area contributed by atoms with Crippen molar-refractivity contribution in [3.63, 3.8) is 0 Å². The highest BCUT2D eigenvalue weighted by molar-refractivity contribution is 14.1. The van der Waals surface area contributed by atoms with Crippen molar-refractivity contribution in [2.75, 3.05) is 6.54 Å². The van der Waals surface area contributed by atoms with E-state index in [0.29, 0.717) is 6.04 Å². The minimum Gasteiger partial charge on any atom is -0.310 e. The molecule has 88 valence electrons. The fourth-order valence-corrected chi connectivity index (χ4v) is 3.13. The molecule has 1 aliphatic rings. The van der Waals surface area contributed by atoms with E-state index in [9.17, 15) is 0 Å². The average molecular weight is 350 g/mol. The smallest absolute Gasteiger partial charge is 0.0410 e. The summed E-state index contributed by atoms with van der Waals surface area (Å²) >= 11 is 8.50. The molecule has 2 rings (SSSR count). The molecule has 0 saturated heterocycles. The molecule has 1 nitrogen and oxygen atoms in total. The van der Waals surface area contributed by atoms with Crippen LogP contribution < -0.4 is 5.32 Å². The van der Waals surface area contributed by atoms with Gasteiger partial charge in [-0.1, -0.05) is 24.9 Å². The first-order valence-corrected chi connectivity index (χ1v) is 7.36. The van der Waals surface area contributed by atoms with Crippen LogP contribution in [0.2, 0.25) is 5.02 Å². The van der Waals surface area contributed by atoms with Crippen molar-refractivity contribution in [3.05, 3.63) is 32.4 Å². The monoisotopic (exact) mass is 349 g/mol. The lowest BCUT2D eigenvalue weighted by Gasteiger charge is -2.35. The van der Waals surface area contributed by atoms with E-state index in [1.165, 1.54) is 28.4 Å². The Morgan fingerprint density at radius 1 is 1.50 bits per heavy atom. The van der Waals surface area contributed by atoms with Gasteiger partial charge in [0.05, 0.1) is 0 Å². The summed E-state index contributed by atoms with van der Waals surface area (Å²) in [6, 6.07) is 6.69. The van der Waals surface area contributed by atoms with Crippen LogP contribution in [0.25, 0.3) is 0 Å². The lowest BCUT2D eigenvalue weighted by atomic mass is 9.77. The van der Waals surface area contributed by atoms with E-state index in [2.05, 4.69) is 47.0 Å². The summed E-state index contributed by atoms with van der Waals surface area (Å²) in [6.45, 7) is 3.19. The molecule has 1 N–H and O–H groups in total. The van der Waals surface area contributed by atoms with Gasteiger partial charge in [0.25, 0.3) is 0 Å². The van der Waals surface area contributed by atoms with Gasteiger partial charge in [-0.05, 0) is 71.7 Å². The third-order valence-corrected chi connectivity index (χ3v) is 4.56. The minimum atomic E-state index is 0.490. The molecule has 0 heterocycles. The maximum Gasteiger partial charge on any atom is 0.0410 e. The molecule has 0 aromatic heterocycles. The van der Waals surface area contributed by atoms with Gasteiger partial charge in [0, 0.05) is 14.6 Å². The van der Waals surface area contributed by atoms with E-state index in [4.69, 9.17) is 11.6 Å². The quantitative estimate of drug-likeness (QED) is 0.795. The molecule has 1 unspecified atom stereocenters. The van der Waals surface area contributed by atoms with E-state index < -0.39 is 0 Å². The Morgan fingerprint density at radius 2 is 2.25 bits per heavy atom. The van der Waals surface area contributed by atoms with Crippen LogP contribution in [-0.4, -0.2) is 6.54 Å². The lowest BCUT2D eigenvalue weighted by molar-refractivity contribution is 0.232. The Morgan fingerprint density at radius 3 is 2.81 bits per heavy atom. The Balaban J connectivity index is 2.25. The number of rotatable bonds is 4. The zero-order chi connectivity index (χ0) is 11.5. The van der Waals surface area contributed by atoms with Crippen molar-refractivity contribution in [1.82, 2.24) is 5.32 Å². The van der Waals surface area contributed by atoms with Crippen molar-refractivity contribution in [3.8, 4) is 0 Å². The molecule has 0 radical (unpaired) electrons. The Kier molecular flexibility index (Phi) is 4.50. The van der Waals surface area contributed by atoms with Crippen LogP contribution in [0.4, 0.5) is 0 Å². The molecular weight excluding hydrogens is 333 g/mol. The molecule has 0 spiro atoms. The molecule has 3 heteroatoms. The SMILES string of the molecule is CCNC(c1cc(Cl)ccc1I)C1CCC1. The molecule has 1 saturated carbocycles. The topological polar surface area (TPSA) is 12.0 Å². The fourth-order valence-electron chi connectivity index (χ4n) is 2.28. The highest BCUT2D eigenvalue weighted by Crippen LogP contribution is 2.39. The molecule has 1 fully saturated rings. The normalized spacial score (nSPS) is 18.2. The molecule has 1 aromatic carbocycles. The minimum absolute atomic E-state index is 0.490. The highest BCUT2D eigenvalue weighted by atomic mass is 127. The van der Waals surface area contributed by atoms with Crippen molar-refractivity contribution < 1.29 is 0 Å². The third-order valence-electron chi connectivity index (χ3n) is 3.34. The zero-order valence-electron chi connectivity index (χ0n) is 9.47. The van der Waals surface area contributed by atoms with Gasteiger partial charge in [-0.2, -0.15) is 0 Å². The summed E-state index contributed by atoms with van der Waals surface area (Å²) in [5.74, 6) is 0.798. The van der Waals surface area contributed by atoms with Gasteiger partial charge in [0.15, 0.2) is 0 Å². The first kappa shape index (κ1) is 12.7. The van der Waals surface area contributed by atoms with Crippen LogP contribution in [0.15, 0.2) is 18.2 Å². The summed E-state index contributed by atoms with van der Waals surface area (Å²) in [5.41, 5.74) is 1.37. The largest absolute Gasteiger partial charge is 0.310 e. The third kappa shape index (κ3) is 2.71. The van der Waals surface area contributed by atoms with Gasteiger partial charge in [-0.25, -0.2) is 0 Å². The summed E-state index contributed by atoms with van der Waals surface area (Å²) in [7, 11) is 0. The number of hydrogen-bond donors (Lipinski definition) is 1. The fraction of sp³-hybridized carbons (Fsp3) is 0.538. The first-order chi connectivity index (χ1) is 7.72. The predicted octanol–water partition coefficient (Wildman–Crippen LogP) is 4.40. The lowest BCUT2D eigenvalue weighted by Crippen LogP contribution is -2.32. The second-order valence-corrected chi connectivity index (χ2v) is 5.99. The Labute approximate surface area is 116 Å². The van der Waals surface area contributed by atoms with Crippen LogP contribution in [0.3, 0.4) is 0 Å².